The van der Waals surface area contributed by atoms with E-state index in [0.717, 1.165) is 66.6 Å². The van der Waals surface area contributed by atoms with Gasteiger partial charge in [0.25, 0.3) is 5.56 Å². The number of likely N-dealkylation sites (tertiary alicyclic amines) is 1. The van der Waals surface area contributed by atoms with E-state index >= 15 is 0 Å². The molecule has 0 bridgehead atoms. The topological polar surface area (TPSA) is 79.7 Å². The van der Waals surface area contributed by atoms with Crippen molar-refractivity contribution in [1.82, 2.24) is 30.1 Å². The fraction of sp³-hybridized carbons (Fsp3) is 0.600. The van der Waals surface area contributed by atoms with Gasteiger partial charge in [0.2, 0.25) is 0 Å². The third-order valence-corrected chi connectivity index (χ3v) is 7.48. The number of aromatic nitrogens is 5. The number of benzene rings is 1. The summed E-state index contributed by atoms with van der Waals surface area (Å²) in [4.78, 5) is 19.0. The molecule has 0 radical (unpaired) electrons. The number of hydrogen-bond acceptors (Lipinski definition) is 5. The molecule has 1 aliphatic heterocycles. The van der Waals surface area contributed by atoms with Crippen molar-refractivity contribution in [1.29, 1.82) is 0 Å². The van der Waals surface area contributed by atoms with E-state index in [-0.39, 0.29) is 11.6 Å². The number of aromatic amines is 1. The third-order valence-electron chi connectivity index (χ3n) is 7.48. The lowest BCUT2D eigenvalue weighted by atomic mass is 9.93. The predicted octanol–water partition coefficient (Wildman–Crippen LogP) is 4.46. The molecule has 1 unspecified atom stereocenters. The van der Waals surface area contributed by atoms with Crippen molar-refractivity contribution in [3.05, 3.63) is 51.1 Å². The van der Waals surface area contributed by atoms with Crippen LogP contribution in [0.4, 0.5) is 0 Å². The summed E-state index contributed by atoms with van der Waals surface area (Å²) in [5.74, 6) is 1.53. The Morgan fingerprint density at radius 1 is 1.03 bits per heavy atom. The summed E-state index contributed by atoms with van der Waals surface area (Å²) >= 11 is 0. The zero-order chi connectivity index (χ0) is 22.2. The molecule has 1 saturated heterocycles. The Labute approximate surface area is 189 Å². The van der Waals surface area contributed by atoms with E-state index in [1.165, 1.54) is 24.8 Å². The number of H-pyrrole nitrogens is 1. The van der Waals surface area contributed by atoms with Gasteiger partial charge in [0.15, 0.2) is 5.82 Å². The van der Waals surface area contributed by atoms with Crippen molar-refractivity contribution < 1.29 is 0 Å². The van der Waals surface area contributed by atoms with Gasteiger partial charge in [-0.05, 0) is 92.0 Å². The maximum absolute atomic E-state index is 13.4. The summed E-state index contributed by atoms with van der Waals surface area (Å²) in [6, 6.07) is 6.45. The standard InChI is InChI=1S/C25H34N6O/c1-16-9-11-30(12-10-16)23(24-27-28-29-31(24)20-7-5-4-6-8-20)21-15-19-14-17(2)13-18(3)22(19)26-25(21)32/h13-16,20,23H,4-12H2,1-3H3,(H,26,32). The van der Waals surface area contributed by atoms with Crippen molar-refractivity contribution in [2.24, 2.45) is 5.92 Å². The van der Waals surface area contributed by atoms with Gasteiger partial charge < -0.3 is 4.98 Å². The van der Waals surface area contributed by atoms with Crippen molar-refractivity contribution in [2.75, 3.05) is 13.1 Å². The van der Waals surface area contributed by atoms with Crippen LogP contribution >= 0.6 is 0 Å². The van der Waals surface area contributed by atoms with E-state index in [4.69, 9.17) is 0 Å². The second-order valence-electron chi connectivity index (χ2n) is 9.99. The van der Waals surface area contributed by atoms with Crippen molar-refractivity contribution in [3.63, 3.8) is 0 Å². The molecule has 1 atom stereocenters. The number of fused-ring (bicyclic) bond motifs is 1. The van der Waals surface area contributed by atoms with Gasteiger partial charge in [0.05, 0.1) is 11.6 Å². The fourth-order valence-corrected chi connectivity index (χ4v) is 5.66. The maximum Gasteiger partial charge on any atom is 0.253 e. The number of tetrazole rings is 1. The molecule has 3 heterocycles. The maximum atomic E-state index is 13.4. The molecular weight excluding hydrogens is 400 g/mol. The molecule has 2 aliphatic rings. The summed E-state index contributed by atoms with van der Waals surface area (Å²) in [5, 5.41) is 14.1. The monoisotopic (exact) mass is 434 g/mol. The molecule has 1 aliphatic carbocycles. The third kappa shape index (κ3) is 3.98. The summed E-state index contributed by atoms with van der Waals surface area (Å²) in [6.45, 7) is 8.37. The number of piperidine rings is 1. The minimum atomic E-state index is -0.228. The van der Waals surface area contributed by atoms with Crippen LogP contribution in [0.15, 0.2) is 23.0 Å². The van der Waals surface area contributed by atoms with Gasteiger partial charge in [-0.1, -0.05) is 37.8 Å². The highest BCUT2D eigenvalue weighted by molar-refractivity contribution is 5.83. The predicted molar refractivity (Wildman–Crippen MR) is 126 cm³/mol. The van der Waals surface area contributed by atoms with E-state index in [9.17, 15) is 4.79 Å². The summed E-state index contributed by atoms with van der Waals surface area (Å²) in [5.41, 5.74) is 3.93. The highest BCUT2D eigenvalue weighted by atomic mass is 16.1. The van der Waals surface area contributed by atoms with E-state index in [1.54, 1.807) is 0 Å². The van der Waals surface area contributed by atoms with Crippen LogP contribution in [0.1, 0.15) is 86.5 Å². The number of pyridine rings is 1. The first-order valence-corrected chi connectivity index (χ1v) is 12.2. The number of hydrogen-bond donors (Lipinski definition) is 1. The van der Waals surface area contributed by atoms with Gasteiger partial charge in [-0.2, -0.15) is 0 Å². The minimum Gasteiger partial charge on any atom is -0.321 e. The highest BCUT2D eigenvalue weighted by Crippen LogP contribution is 2.35. The van der Waals surface area contributed by atoms with Gasteiger partial charge in [-0.3, -0.25) is 9.69 Å². The van der Waals surface area contributed by atoms with E-state index < -0.39 is 0 Å². The Hall–Kier alpha value is -2.54. The van der Waals surface area contributed by atoms with Crippen LogP contribution in [0.2, 0.25) is 0 Å². The normalized spacial score (nSPS) is 20.1. The zero-order valence-electron chi connectivity index (χ0n) is 19.5. The van der Waals surface area contributed by atoms with Crippen molar-refractivity contribution in [2.45, 2.75) is 77.8 Å². The molecule has 1 saturated carbocycles. The second kappa shape index (κ2) is 8.77. The first-order chi connectivity index (χ1) is 15.5. The van der Waals surface area contributed by atoms with Crippen LogP contribution in [0.25, 0.3) is 10.9 Å². The van der Waals surface area contributed by atoms with Crippen LogP contribution in [0.3, 0.4) is 0 Å². The van der Waals surface area contributed by atoms with Crippen LogP contribution in [-0.4, -0.2) is 43.2 Å². The van der Waals surface area contributed by atoms with E-state index in [2.05, 4.69) is 64.4 Å². The van der Waals surface area contributed by atoms with Crippen molar-refractivity contribution >= 4 is 10.9 Å². The summed E-state index contributed by atoms with van der Waals surface area (Å²) < 4.78 is 2.03. The SMILES string of the molecule is Cc1cc(C)c2[nH]c(=O)c(C(c3nnnn3C3CCCCC3)N3CCC(C)CC3)cc2c1. The van der Waals surface area contributed by atoms with Gasteiger partial charge in [-0.25, -0.2) is 4.68 Å². The average molecular weight is 435 g/mol. The van der Waals surface area contributed by atoms with Crippen LogP contribution in [0.5, 0.6) is 0 Å². The average Bonchev–Trinajstić information content (AvgIpc) is 3.26. The molecule has 1 N–H and O–H groups in total. The van der Waals surface area contributed by atoms with Gasteiger partial charge in [-0.15, -0.1) is 5.10 Å². The first kappa shape index (κ1) is 21.3. The molecule has 32 heavy (non-hydrogen) atoms. The van der Waals surface area contributed by atoms with Gasteiger partial charge in [0, 0.05) is 5.56 Å². The first-order valence-electron chi connectivity index (χ1n) is 12.2. The molecule has 170 valence electrons. The Morgan fingerprint density at radius 3 is 2.53 bits per heavy atom. The molecule has 0 amide bonds. The lowest BCUT2D eigenvalue weighted by Gasteiger charge is -2.36. The lowest BCUT2D eigenvalue weighted by molar-refractivity contribution is 0.146. The quantitative estimate of drug-likeness (QED) is 0.656. The molecular formula is C25H34N6O. The lowest BCUT2D eigenvalue weighted by Crippen LogP contribution is -2.40. The molecule has 0 spiro atoms. The Morgan fingerprint density at radius 2 is 1.78 bits per heavy atom. The highest BCUT2D eigenvalue weighted by Gasteiger charge is 2.34. The largest absolute Gasteiger partial charge is 0.321 e. The number of aryl methyl sites for hydroxylation is 2. The summed E-state index contributed by atoms with van der Waals surface area (Å²) in [7, 11) is 0. The molecule has 1 aromatic carbocycles. The molecule has 7 nitrogen and oxygen atoms in total. The number of nitrogens with one attached hydrogen (secondary N) is 1. The minimum absolute atomic E-state index is 0.0359. The van der Waals surface area contributed by atoms with Gasteiger partial charge in [0.1, 0.15) is 6.04 Å². The number of rotatable bonds is 4. The fourth-order valence-electron chi connectivity index (χ4n) is 5.66. The van der Waals surface area contributed by atoms with Crippen LogP contribution in [-0.2, 0) is 0 Å². The van der Waals surface area contributed by atoms with Crippen LogP contribution < -0.4 is 5.56 Å². The molecule has 7 heteroatoms. The van der Waals surface area contributed by atoms with Crippen molar-refractivity contribution in [3.8, 4) is 0 Å². The molecule has 2 fully saturated rings. The molecule has 5 rings (SSSR count). The summed E-state index contributed by atoms with van der Waals surface area (Å²) in [6.07, 6.45) is 8.18. The molecule has 2 aromatic heterocycles. The van der Waals surface area contributed by atoms with Gasteiger partial charge >= 0.3 is 0 Å². The van der Waals surface area contributed by atoms with E-state index in [1.807, 2.05) is 4.68 Å². The van der Waals surface area contributed by atoms with Crippen LogP contribution in [0, 0.1) is 19.8 Å². The number of nitrogens with zero attached hydrogens (tertiary/aromatic N) is 5. The zero-order valence-corrected chi connectivity index (χ0v) is 19.5. The Balaban J connectivity index is 1.64. The van der Waals surface area contributed by atoms with E-state index in [0.29, 0.717) is 12.0 Å². The smallest absolute Gasteiger partial charge is 0.253 e. The molecule has 3 aromatic rings. The Kier molecular flexibility index (Phi) is 5.84. The second-order valence-corrected chi connectivity index (χ2v) is 9.99. The Bertz CT molecular complexity index is 1150.